The Morgan fingerprint density at radius 1 is 1.23 bits per heavy atom. The third kappa shape index (κ3) is 3.40. The van der Waals surface area contributed by atoms with Crippen LogP contribution in [0.15, 0.2) is 18.2 Å². The van der Waals surface area contributed by atoms with Gasteiger partial charge in [-0.2, -0.15) is 0 Å². The van der Waals surface area contributed by atoms with Gasteiger partial charge in [-0.15, -0.1) is 0 Å². The summed E-state index contributed by atoms with van der Waals surface area (Å²) in [6, 6.07) is 5.98. The topological polar surface area (TPSA) is 75.6 Å². The Labute approximate surface area is 130 Å². The third-order valence-corrected chi connectivity index (χ3v) is 3.71. The summed E-state index contributed by atoms with van der Waals surface area (Å²) < 4.78 is 5.18. The highest BCUT2D eigenvalue weighted by Gasteiger charge is 2.62. The van der Waals surface area contributed by atoms with Crippen LogP contribution in [0.25, 0.3) is 0 Å². The molecule has 5 nitrogen and oxygen atoms in total. The lowest BCUT2D eigenvalue weighted by Gasteiger charge is -2.22. The van der Waals surface area contributed by atoms with Crippen molar-refractivity contribution in [2.24, 2.45) is 0 Å². The second-order valence-electron chi connectivity index (χ2n) is 7.08. The van der Waals surface area contributed by atoms with Gasteiger partial charge >= 0.3 is 12.1 Å². The van der Waals surface area contributed by atoms with E-state index in [1.165, 1.54) is 0 Å². The minimum absolute atomic E-state index is 0.226. The number of carbonyl (C=O) groups excluding carboxylic acids is 1. The number of hydrogen-bond donors (Lipinski definition) is 2. The van der Waals surface area contributed by atoms with Crippen LogP contribution < -0.4 is 5.32 Å². The molecule has 1 aromatic rings. The molecular weight excluding hydrogens is 282 g/mol. The minimum Gasteiger partial charge on any atom is -0.479 e. The summed E-state index contributed by atoms with van der Waals surface area (Å²) in [6.45, 7) is 9.18. The Morgan fingerprint density at radius 2 is 1.77 bits per heavy atom. The van der Waals surface area contributed by atoms with Gasteiger partial charge in [-0.3, -0.25) is 0 Å². The van der Waals surface area contributed by atoms with Crippen molar-refractivity contribution < 1.29 is 19.4 Å². The molecule has 0 radical (unpaired) electrons. The lowest BCUT2D eigenvalue weighted by atomic mass is 10.0. The molecule has 2 unspecified atom stereocenters. The molecule has 120 valence electrons. The molecule has 1 aliphatic carbocycles. The number of carboxylic acid groups (broad SMARTS) is 1. The Morgan fingerprint density at radius 3 is 2.23 bits per heavy atom. The number of rotatable bonds is 3. The van der Waals surface area contributed by atoms with Gasteiger partial charge < -0.3 is 15.2 Å². The molecule has 0 spiro atoms. The number of nitrogens with one attached hydrogen (secondary N) is 1. The standard InChI is InChI=1S/C17H23NO4/c1-10-6-11(2)8-12(7-10)13-9-17(13,14(19)20)18-15(21)22-16(3,4)5/h6-8,13H,9H2,1-5H3,(H,18,21)(H,19,20). The van der Waals surface area contributed by atoms with Gasteiger partial charge in [-0.05, 0) is 46.6 Å². The van der Waals surface area contributed by atoms with E-state index < -0.39 is 23.2 Å². The number of hydrogen-bond acceptors (Lipinski definition) is 3. The number of ether oxygens (including phenoxy) is 1. The van der Waals surface area contributed by atoms with Gasteiger partial charge in [0.05, 0.1) is 0 Å². The monoisotopic (exact) mass is 305 g/mol. The van der Waals surface area contributed by atoms with E-state index in [1.54, 1.807) is 20.8 Å². The Bertz CT molecular complexity index is 597. The van der Waals surface area contributed by atoms with Crippen LogP contribution in [0.5, 0.6) is 0 Å². The Kier molecular flexibility index (Phi) is 3.94. The van der Waals surface area contributed by atoms with Crippen molar-refractivity contribution in [3.05, 3.63) is 34.9 Å². The summed E-state index contributed by atoms with van der Waals surface area (Å²) in [4.78, 5) is 23.6. The van der Waals surface area contributed by atoms with Gasteiger partial charge in [0.15, 0.2) is 0 Å². The molecule has 1 aliphatic rings. The molecule has 1 fully saturated rings. The largest absolute Gasteiger partial charge is 0.479 e. The molecular formula is C17H23NO4. The van der Waals surface area contributed by atoms with Gasteiger partial charge in [-0.25, -0.2) is 9.59 Å². The van der Waals surface area contributed by atoms with E-state index in [9.17, 15) is 14.7 Å². The first-order valence-corrected chi connectivity index (χ1v) is 7.36. The van der Waals surface area contributed by atoms with Gasteiger partial charge in [-0.1, -0.05) is 29.3 Å². The number of benzene rings is 1. The summed E-state index contributed by atoms with van der Waals surface area (Å²) in [5.74, 6) is -1.25. The van der Waals surface area contributed by atoms with Crippen molar-refractivity contribution >= 4 is 12.1 Å². The first-order chi connectivity index (χ1) is 10.0. The van der Waals surface area contributed by atoms with E-state index in [0.717, 1.165) is 16.7 Å². The average Bonchev–Trinajstić information content (AvgIpc) is 3.00. The fourth-order valence-electron chi connectivity index (χ4n) is 2.79. The van der Waals surface area contributed by atoms with Gasteiger partial charge in [0, 0.05) is 5.92 Å². The molecule has 0 bridgehead atoms. The van der Waals surface area contributed by atoms with Crippen LogP contribution in [0, 0.1) is 13.8 Å². The molecule has 1 saturated carbocycles. The highest BCUT2D eigenvalue weighted by molar-refractivity contribution is 5.90. The third-order valence-electron chi connectivity index (χ3n) is 3.71. The zero-order valence-corrected chi connectivity index (χ0v) is 13.7. The molecule has 0 saturated heterocycles. The molecule has 0 aliphatic heterocycles. The maximum atomic E-state index is 11.9. The smallest absolute Gasteiger partial charge is 0.408 e. The molecule has 2 N–H and O–H groups in total. The summed E-state index contributed by atoms with van der Waals surface area (Å²) in [5, 5.41) is 12.1. The predicted molar refractivity (Wildman–Crippen MR) is 83.0 cm³/mol. The molecule has 2 atom stereocenters. The lowest BCUT2D eigenvalue weighted by Crippen LogP contribution is -2.46. The van der Waals surface area contributed by atoms with Crippen LogP contribution in [0.1, 0.15) is 49.8 Å². The number of carbonyl (C=O) groups is 2. The van der Waals surface area contributed by atoms with Gasteiger partial charge in [0.25, 0.3) is 0 Å². The zero-order chi connectivity index (χ0) is 16.7. The van der Waals surface area contributed by atoms with Crippen molar-refractivity contribution in [2.75, 3.05) is 0 Å². The summed E-state index contributed by atoms with van der Waals surface area (Å²) >= 11 is 0. The van der Waals surface area contributed by atoms with Crippen molar-refractivity contribution in [2.45, 2.75) is 58.1 Å². The maximum absolute atomic E-state index is 11.9. The van der Waals surface area contributed by atoms with E-state index >= 15 is 0 Å². The molecule has 1 aromatic carbocycles. The highest BCUT2D eigenvalue weighted by atomic mass is 16.6. The fourth-order valence-corrected chi connectivity index (χ4v) is 2.79. The van der Waals surface area contributed by atoms with Crippen LogP contribution in [-0.2, 0) is 9.53 Å². The van der Waals surface area contributed by atoms with Crippen molar-refractivity contribution in [3.63, 3.8) is 0 Å². The second-order valence-corrected chi connectivity index (χ2v) is 7.08. The average molecular weight is 305 g/mol. The first kappa shape index (κ1) is 16.3. The predicted octanol–water partition coefficient (Wildman–Crippen LogP) is 3.14. The van der Waals surface area contributed by atoms with E-state index in [4.69, 9.17) is 4.74 Å². The minimum atomic E-state index is -1.26. The molecule has 2 rings (SSSR count). The fraction of sp³-hybridized carbons (Fsp3) is 0.529. The van der Waals surface area contributed by atoms with Gasteiger partial charge in [0.2, 0.25) is 0 Å². The SMILES string of the molecule is Cc1cc(C)cc(C2CC2(NC(=O)OC(C)(C)C)C(=O)O)c1. The van der Waals surface area contributed by atoms with Crippen LogP contribution in [0.4, 0.5) is 4.79 Å². The molecule has 22 heavy (non-hydrogen) atoms. The quantitative estimate of drug-likeness (QED) is 0.899. The first-order valence-electron chi connectivity index (χ1n) is 7.36. The number of aryl methyl sites for hydroxylation is 2. The molecule has 5 heteroatoms. The lowest BCUT2D eigenvalue weighted by molar-refractivity contribution is -0.140. The van der Waals surface area contributed by atoms with Crippen LogP contribution in [0.2, 0.25) is 0 Å². The van der Waals surface area contributed by atoms with Crippen molar-refractivity contribution in [1.29, 1.82) is 0 Å². The van der Waals surface area contributed by atoms with Crippen molar-refractivity contribution in [1.82, 2.24) is 5.32 Å². The number of amides is 1. The number of aliphatic carboxylic acids is 1. The maximum Gasteiger partial charge on any atom is 0.408 e. The number of alkyl carbamates (subject to hydrolysis) is 1. The highest BCUT2D eigenvalue weighted by Crippen LogP contribution is 2.52. The Balaban J connectivity index is 2.19. The van der Waals surface area contributed by atoms with Crippen LogP contribution in [0.3, 0.4) is 0 Å². The van der Waals surface area contributed by atoms with E-state index in [0.29, 0.717) is 6.42 Å². The summed E-state index contributed by atoms with van der Waals surface area (Å²) in [6.07, 6.45) is -0.313. The van der Waals surface area contributed by atoms with E-state index in [2.05, 4.69) is 5.32 Å². The normalized spacial score (nSPS) is 23.8. The summed E-state index contributed by atoms with van der Waals surface area (Å²) in [7, 11) is 0. The van der Waals surface area contributed by atoms with E-state index in [1.807, 2.05) is 32.0 Å². The zero-order valence-electron chi connectivity index (χ0n) is 13.7. The molecule has 0 heterocycles. The van der Waals surface area contributed by atoms with Crippen LogP contribution in [-0.4, -0.2) is 28.3 Å². The molecule has 1 amide bonds. The number of carboxylic acids is 1. The van der Waals surface area contributed by atoms with Crippen LogP contribution >= 0.6 is 0 Å². The van der Waals surface area contributed by atoms with E-state index in [-0.39, 0.29) is 5.92 Å². The van der Waals surface area contributed by atoms with Crippen molar-refractivity contribution in [3.8, 4) is 0 Å². The Hall–Kier alpha value is -2.04. The van der Waals surface area contributed by atoms with Gasteiger partial charge in [0.1, 0.15) is 11.1 Å². The second kappa shape index (κ2) is 5.30. The summed E-state index contributed by atoms with van der Waals surface area (Å²) in [5.41, 5.74) is 1.18. The molecule has 0 aromatic heterocycles.